The van der Waals surface area contributed by atoms with Gasteiger partial charge in [-0.25, -0.2) is 9.97 Å². The highest BCUT2D eigenvalue weighted by Crippen LogP contribution is 2.38. The minimum atomic E-state index is 0.838. The highest BCUT2D eigenvalue weighted by Gasteiger charge is 2.21. The molecule has 0 saturated heterocycles. The minimum absolute atomic E-state index is 0.838. The molecule has 10 aromatic rings. The fraction of sp³-hybridized carbons (Fsp3) is 0.206. The first-order valence-corrected chi connectivity index (χ1v) is 26.0. The third-order valence-electron chi connectivity index (χ3n) is 15.2. The van der Waals surface area contributed by atoms with Crippen molar-refractivity contribution in [3.8, 4) is 58.0 Å². The van der Waals surface area contributed by atoms with Crippen LogP contribution in [0.5, 0.6) is 0 Å². The van der Waals surface area contributed by atoms with Crippen LogP contribution in [0, 0.1) is 136 Å². The van der Waals surface area contributed by atoms with E-state index in [9.17, 15) is 0 Å². The summed E-state index contributed by atoms with van der Waals surface area (Å²) in [5.74, 6) is 21.7. The van der Waals surface area contributed by atoms with Gasteiger partial charge >= 0.3 is 0 Å². The van der Waals surface area contributed by atoms with Gasteiger partial charge in [-0.15, -0.1) is 0 Å². The molecule has 0 aliphatic heterocycles. The Morgan fingerprint density at radius 2 is 0.753 bits per heavy atom. The molecule has 0 bridgehead atoms. The summed E-state index contributed by atoms with van der Waals surface area (Å²) in [6.07, 6.45) is 3.67. The van der Waals surface area contributed by atoms with Crippen molar-refractivity contribution in [2.24, 2.45) is 0 Å². The molecule has 0 spiro atoms. The number of hydrogen-bond donors (Lipinski definition) is 0. The monoisotopic (exact) mass is 1060 g/mol. The van der Waals surface area contributed by atoms with Crippen molar-refractivity contribution in [1.82, 2.24) is 19.9 Å². The quantitative estimate of drug-likeness (QED) is 0.0983. The Balaban J connectivity index is 1.14. The van der Waals surface area contributed by atoms with Gasteiger partial charge in [0.1, 0.15) is 0 Å². The third kappa shape index (κ3) is 8.73. The maximum Gasteiger partial charge on any atom is 0.0973 e. The van der Waals surface area contributed by atoms with Crippen molar-refractivity contribution in [3.05, 3.63) is 206 Å². The van der Waals surface area contributed by atoms with Crippen LogP contribution in [0.2, 0.25) is 0 Å². The minimum Gasteiger partial charge on any atom is -0.254 e. The zero-order chi connectivity index (χ0) is 51.7. The van der Waals surface area contributed by atoms with E-state index >= 15 is 0 Å². The average Bonchev–Trinajstić information content (AvgIpc) is 3.36. The van der Waals surface area contributed by atoms with Crippen LogP contribution in [0.4, 0.5) is 0 Å². The molecule has 0 unspecified atom stereocenters. The molecule has 10 rings (SSSR count). The Bertz CT molecular complexity index is 4160. The van der Waals surface area contributed by atoms with E-state index in [1.54, 1.807) is 0 Å². The van der Waals surface area contributed by atoms with Crippen LogP contribution in [0.15, 0.2) is 91.3 Å². The van der Waals surface area contributed by atoms with Crippen LogP contribution in [0.1, 0.15) is 111 Å². The lowest BCUT2D eigenvalue weighted by atomic mass is 9.88. The molecule has 0 aliphatic carbocycles. The Labute approximate surface area is 444 Å². The Kier molecular flexibility index (Phi) is 12.8. The van der Waals surface area contributed by atoms with Gasteiger partial charge in [-0.2, -0.15) is 0 Å². The van der Waals surface area contributed by atoms with Crippen LogP contribution in [0.3, 0.4) is 0 Å². The second-order valence-corrected chi connectivity index (χ2v) is 21.2. The summed E-state index contributed by atoms with van der Waals surface area (Å²) >= 11 is 2.47. The molecular weight excluding hydrogens is 1000 g/mol. The highest BCUT2D eigenvalue weighted by atomic mass is 127. The molecule has 0 amide bonds. The van der Waals surface area contributed by atoms with E-state index in [0.717, 1.165) is 133 Å². The molecule has 4 aromatic heterocycles. The number of hydrogen-bond acceptors (Lipinski definition) is 4. The molecule has 5 heteroatoms. The molecule has 73 heavy (non-hydrogen) atoms. The van der Waals surface area contributed by atoms with Gasteiger partial charge in [-0.1, -0.05) is 101 Å². The van der Waals surface area contributed by atoms with Gasteiger partial charge in [0.25, 0.3) is 0 Å². The summed E-state index contributed by atoms with van der Waals surface area (Å²) in [4.78, 5) is 20.7. The molecular formula is C68H57IN4. The number of fused-ring (bicyclic) bond motifs is 6. The summed E-state index contributed by atoms with van der Waals surface area (Å²) in [6, 6.07) is 28.1. The molecule has 4 heterocycles. The first kappa shape index (κ1) is 49.0. The SMILES string of the molecule is Cc1cc(C)c(-c2nc3c(ccc4cc(C#Cc5c(C)c(C)c(C#Cc6cnc7c(ccc8cccnc87)c6)c(C)c5C)c(-c5c(C)cc(C)cc5C)nc43)cc2C#Cc2c(C)c(C)c(I)c(C)c2C)c(C)c1. The molecule has 6 aromatic carbocycles. The van der Waals surface area contributed by atoms with E-state index < -0.39 is 0 Å². The summed E-state index contributed by atoms with van der Waals surface area (Å²) in [6.45, 7) is 30.4. The second-order valence-electron chi connectivity index (χ2n) is 20.2. The number of aryl methyl sites for hydroxylation is 6. The predicted molar refractivity (Wildman–Crippen MR) is 315 cm³/mol. The van der Waals surface area contributed by atoms with Gasteiger partial charge in [0.2, 0.25) is 0 Å². The number of rotatable bonds is 2. The Morgan fingerprint density at radius 3 is 1.21 bits per heavy atom. The standard InChI is InChI=1S/C68H57IN4/c1-36-28-38(3)60(39(4)29-36)63-53(22-25-58-44(9)42(7)57(43(8)45(58)10)24-17-50-32-52-19-18-51-16-15-27-70-65(51)66(52)71-35-50)33-55-20-21-56-34-54(23-26-59-46(11)48(13)62(69)49(14)47(59)12)64(73-68(56)67(55)72-63)61-40(5)30-37(2)31-41(61)6/h15-16,18-21,27-35H,1-14H3. The molecule has 0 atom stereocenters. The molecule has 356 valence electrons. The molecule has 0 fully saturated rings. The first-order chi connectivity index (χ1) is 34.9. The Morgan fingerprint density at radius 1 is 0.370 bits per heavy atom. The Hall–Kier alpha value is -7.63. The maximum absolute atomic E-state index is 5.66. The van der Waals surface area contributed by atoms with Crippen molar-refractivity contribution in [3.63, 3.8) is 0 Å². The van der Waals surface area contributed by atoms with E-state index in [2.05, 4.69) is 233 Å². The van der Waals surface area contributed by atoms with Crippen LogP contribution >= 0.6 is 22.6 Å². The largest absolute Gasteiger partial charge is 0.254 e. The van der Waals surface area contributed by atoms with Crippen molar-refractivity contribution < 1.29 is 0 Å². The number of halogens is 1. The van der Waals surface area contributed by atoms with Crippen molar-refractivity contribution in [1.29, 1.82) is 0 Å². The van der Waals surface area contributed by atoms with Gasteiger partial charge in [-0.3, -0.25) is 9.97 Å². The number of nitrogens with zero attached hydrogens (tertiary/aromatic N) is 4. The fourth-order valence-corrected chi connectivity index (χ4v) is 11.7. The predicted octanol–water partition coefficient (Wildman–Crippen LogP) is 16.3. The molecule has 4 nitrogen and oxygen atoms in total. The zero-order valence-corrected chi connectivity index (χ0v) is 46.5. The smallest absolute Gasteiger partial charge is 0.0973 e. The summed E-state index contributed by atoms with van der Waals surface area (Å²) < 4.78 is 1.30. The number of aromatic nitrogens is 4. The van der Waals surface area contributed by atoms with Crippen molar-refractivity contribution in [2.45, 2.75) is 96.9 Å². The van der Waals surface area contributed by atoms with Crippen LogP contribution in [-0.4, -0.2) is 19.9 Å². The van der Waals surface area contributed by atoms with Gasteiger partial charge in [0.05, 0.1) is 44.6 Å². The van der Waals surface area contributed by atoms with E-state index in [1.807, 2.05) is 18.5 Å². The lowest BCUT2D eigenvalue weighted by molar-refractivity contribution is 1.19. The molecule has 0 saturated carbocycles. The highest BCUT2D eigenvalue weighted by molar-refractivity contribution is 14.1. The van der Waals surface area contributed by atoms with Crippen molar-refractivity contribution in [2.75, 3.05) is 0 Å². The summed E-state index contributed by atoms with van der Waals surface area (Å²) in [5, 5.41) is 4.06. The first-order valence-electron chi connectivity index (χ1n) is 24.9. The van der Waals surface area contributed by atoms with Crippen LogP contribution in [0.25, 0.3) is 66.1 Å². The van der Waals surface area contributed by atoms with Crippen LogP contribution in [-0.2, 0) is 0 Å². The van der Waals surface area contributed by atoms with E-state index in [1.165, 1.54) is 48.1 Å². The number of benzene rings is 6. The summed E-state index contributed by atoms with van der Waals surface area (Å²) in [5.41, 5.74) is 29.7. The summed E-state index contributed by atoms with van der Waals surface area (Å²) in [7, 11) is 0. The number of pyridine rings is 4. The topological polar surface area (TPSA) is 51.6 Å². The van der Waals surface area contributed by atoms with Gasteiger partial charge in [0, 0.05) is 70.9 Å². The maximum atomic E-state index is 5.66. The molecule has 0 radical (unpaired) electrons. The lowest BCUT2D eigenvalue weighted by Crippen LogP contribution is -2.02. The normalized spacial score (nSPS) is 11.2. The van der Waals surface area contributed by atoms with E-state index in [0.29, 0.717) is 0 Å². The van der Waals surface area contributed by atoms with E-state index in [-0.39, 0.29) is 0 Å². The molecule has 0 aliphatic rings. The average molecular weight is 1060 g/mol. The third-order valence-corrected chi connectivity index (χ3v) is 16.8. The second kappa shape index (κ2) is 19.1. The van der Waals surface area contributed by atoms with Crippen molar-refractivity contribution >= 4 is 66.2 Å². The van der Waals surface area contributed by atoms with E-state index in [4.69, 9.17) is 15.0 Å². The van der Waals surface area contributed by atoms with Gasteiger partial charge in [0.15, 0.2) is 0 Å². The fourth-order valence-electron chi connectivity index (χ4n) is 10.9. The molecule has 0 N–H and O–H groups in total. The lowest BCUT2D eigenvalue weighted by Gasteiger charge is -2.17. The zero-order valence-electron chi connectivity index (χ0n) is 44.3. The van der Waals surface area contributed by atoms with Crippen LogP contribution < -0.4 is 0 Å². The van der Waals surface area contributed by atoms with Gasteiger partial charge < -0.3 is 0 Å². The van der Waals surface area contributed by atoms with Gasteiger partial charge in [-0.05, 0) is 211 Å².